The minimum atomic E-state index is 0.745. The van der Waals surface area contributed by atoms with E-state index in [1.165, 1.54) is 9.75 Å². The number of unbranched alkanes of at least 4 members (excludes halogenated alkanes) is 1. The van der Waals surface area contributed by atoms with Crippen molar-refractivity contribution in [2.75, 3.05) is 41.4 Å². The molecule has 134 valence electrons. The standard InChI is InChI=1S/C18H28N2O2S2/c1-19(2)13-17-15(7-11-23-17)21-9-5-6-10-22-16-8-12-24-18(16)14-20(3)4/h7-8,11-12H,5-6,9-10,13-14H2,1-4H3. The summed E-state index contributed by atoms with van der Waals surface area (Å²) in [6, 6.07) is 4.14. The van der Waals surface area contributed by atoms with E-state index in [1.54, 1.807) is 22.7 Å². The molecule has 0 aliphatic rings. The Morgan fingerprint density at radius 3 is 1.54 bits per heavy atom. The van der Waals surface area contributed by atoms with Crippen LogP contribution in [0, 0.1) is 0 Å². The molecule has 0 N–H and O–H groups in total. The summed E-state index contributed by atoms with van der Waals surface area (Å²) in [5.74, 6) is 2.06. The summed E-state index contributed by atoms with van der Waals surface area (Å²) in [6.45, 7) is 3.36. The zero-order valence-corrected chi connectivity index (χ0v) is 16.7. The predicted octanol–water partition coefficient (Wildman–Crippen LogP) is 4.17. The molecule has 0 saturated heterocycles. The van der Waals surface area contributed by atoms with Crippen molar-refractivity contribution in [2.45, 2.75) is 25.9 Å². The van der Waals surface area contributed by atoms with Gasteiger partial charge in [0.2, 0.25) is 0 Å². The number of hydrogen-bond donors (Lipinski definition) is 0. The molecule has 0 atom stereocenters. The van der Waals surface area contributed by atoms with Crippen LogP contribution < -0.4 is 9.47 Å². The van der Waals surface area contributed by atoms with E-state index in [4.69, 9.17) is 9.47 Å². The highest BCUT2D eigenvalue weighted by atomic mass is 32.1. The van der Waals surface area contributed by atoms with Gasteiger partial charge in [-0.1, -0.05) is 0 Å². The van der Waals surface area contributed by atoms with E-state index in [-0.39, 0.29) is 0 Å². The molecule has 0 saturated carbocycles. The molecule has 0 spiro atoms. The maximum absolute atomic E-state index is 5.92. The van der Waals surface area contributed by atoms with Gasteiger partial charge in [0.1, 0.15) is 11.5 Å². The highest BCUT2D eigenvalue weighted by Gasteiger charge is 2.08. The highest BCUT2D eigenvalue weighted by molar-refractivity contribution is 7.10. The quantitative estimate of drug-likeness (QED) is 0.556. The fourth-order valence-electron chi connectivity index (χ4n) is 2.29. The number of ether oxygens (including phenoxy) is 2. The average molecular weight is 369 g/mol. The first-order valence-electron chi connectivity index (χ1n) is 8.24. The first-order valence-corrected chi connectivity index (χ1v) is 10.00. The SMILES string of the molecule is CN(C)Cc1sccc1OCCCCOc1ccsc1CN(C)C. The Morgan fingerprint density at radius 2 is 1.17 bits per heavy atom. The summed E-state index contributed by atoms with van der Waals surface area (Å²) in [4.78, 5) is 6.92. The van der Waals surface area contributed by atoms with Crippen molar-refractivity contribution in [3.8, 4) is 11.5 Å². The van der Waals surface area contributed by atoms with E-state index in [1.807, 2.05) is 0 Å². The molecule has 0 aliphatic heterocycles. The van der Waals surface area contributed by atoms with Crippen LogP contribution in [0.2, 0.25) is 0 Å². The van der Waals surface area contributed by atoms with Gasteiger partial charge in [-0.2, -0.15) is 0 Å². The summed E-state index contributed by atoms with van der Waals surface area (Å²) in [5.41, 5.74) is 0. The van der Waals surface area contributed by atoms with Gasteiger partial charge in [0.15, 0.2) is 0 Å². The molecule has 0 aromatic carbocycles. The zero-order valence-electron chi connectivity index (χ0n) is 15.1. The van der Waals surface area contributed by atoms with Crippen LogP contribution in [0.25, 0.3) is 0 Å². The van der Waals surface area contributed by atoms with Gasteiger partial charge in [0.05, 0.1) is 23.0 Å². The Labute approximate surface area is 153 Å². The predicted molar refractivity (Wildman–Crippen MR) is 104 cm³/mol. The van der Waals surface area contributed by atoms with Gasteiger partial charge in [-0.3, -0.25) is 0 Å². The van der Waals surface area contributed by atoms with Crippen LogP contribution in [0.4, 0.5) is 0 Å². The monoisotopic (exact) mass is 368 g/mol. The Bertz CT molecular complexity index is 541. The Hall–Kier alpha value is -1.08. The molecule has 2 rings (SSSR count). The van der Waals surface area contributed by atoms with Crippen LogP contribution in [0.15, 0.2) is 22.9 Å². The van der Waals surface area contributed by atoms with E-state index >= 15 is 0 Å². The third-order valence-electron chi connectivity index (χ3n) is 3.38. The third-order valence-corrected chi connectivity index (χ3v) is 5.16. The van der Waals surface area contributed by atoms with E-state index in [9.17, 15) is 0 Å². The lowest BCUT2D eigenvalue weighted by molar-refractivity contribution is 0.261. The van der Waals surface area contributed by atoms with Crippen molar-refractivity contribution >= 4 is 22.7 Å². The van der Waals surface area contributed by atoms with E-state index in [2.05, 4.69) is 60.9 Å². The smallest absolute Gasteiger partial charge is 0.134 e. The second kappa shape index (κ2) is 10.0. The molecule has 0 radical (unpaired) electrons. The Balaban J connectivity index is 1.64. The normalized spacial score (nSPS) is 11.4. The van der Waals surface area contributed by atoms with Gasteiger partial charge in [-0.05, 0) is 63.9 Å². The van der Waals surface area contributed by atoms with E-state index < -0.39 is 0 Å². The number of rotatable bonds is 11. The molecule has 2 aromatic rings. The maximum Gasteiger partial charge on any atom is 0.134 e. The molecule has 0 aliphatic carbocycles. The number of thiophene rings is 2. The van der Waals surface area contributed by atoms with E-state index in [0.29, 0.717) is 0 Å². The van der Waals surface area contributed by atoms with Crippen molar-refractivity contribution < 1.29 is 9.47 Å². The second-order valence-corrected chi connectivity index (χ2v) is 8.30. The molecular formula is C18H28N2O2S2. The molecule has 2 heterocycles. The molecular weight excluding hydrogens is 340 g/mol. The van der Waals surface area contributed by atoms with Crippen molar-refractivity contribution in [2.24, 2.45) is 0 Å². The van der Waals surface area contributed by atoms with Crippen LogP contribution in [-0.4, -0.2) is 51.2 Å². The van der Waals surface area contributed by atoms with Crippen molar-refractivity contribution in [3.63, 3.8) is 0 Å². The van der Waals surface area contributed by atoms with Crippen molar-refractivity contribution in [1.29, 1.82) is 0 Å². The minimum Gasteiger partial charge on any atom is -0.492 e. The molecule has 0 amide bonds. The molecule has 2 aromatic heterocycles. The van der Waals surface area contributed by atoms with Crippen LogP contribution in [-0.2, 0) is 13.1 Å². The first kappa shape index (κ1) is 19.2. The van der Waals surface area contributed by atoms with Crippen LogP contribution in [0.1, 0.15) is 22.6 Å². The Morgan fingerprint density at radius 1 is 0.750 bits per heavy atom. The summed E-state index contributed by atoms with van der Waals surface area (Å²) in [7, 11) is 8.32. The van der Waals surface area contributed by atoms with Crippen LogP contribution in [0.5, 0.6) is 11.5 Å². The van der Waals surface area contributed by atoms with Gasteiger partial charge in [0, 0.05) is 13.1 Å². The third kappa shape index (κ3) is 6.43. The zero-order chi connectivity index (χ0) is 17.4. The minimum absolute atomic E-state index is 0.745. The lowest BCUT2D eigenvalue weighted by atomic mass is 10.3. The molecule has 6 heteroatoms. The topological polar surface area (TPSA) is 24.9 Å². The fraction of sp³-hybridized carbons (Fsp3) is 0.556. The van der Waals surface area contributed by atoms with Gasteiger partial charge in [0.25, 0.3) is 0 Å². The Kier molecular flexibility index (Phi) is 8.05. The number of hydrogen-bond acceptors (Lipinski definition) is 6. The lowest BCUT2D eigenvalue weighted by Gasteiger charge is -2.12. The summed E-state index contributed by atoms with van der Waals surface area (Å²) >= 11 is 3.51. The number of nitrogens with zero attached hydrogens (tertiary/aromatic N) is 2. The molecule has 0 bridgehead atoms. The summed E-state index contributed by atoms with van der Waals surface area (Å²) in [6.07, 6.45) is 2.01. The van der Waals surface area contributed by atoms with Crippen molar-refractivity contribution in [3.05, 3.63) is 32.6 Å². The van der Waals surface area contributed by atoms with Gasteiger partial charge < -0.3 is 19.3 Å². The summed E-state index contributed by atoms with van der Waals surface area (Å²) in [5, 5.41) is 4.19. The molecule has 0 fully saturated rings. The summed E-state index contributed by atoms with van der Waals surface area (Å²) < 4.78 is 11.8. The highest BCUT2D eigenvalue weighted by Crippen LogP contribution is 2.27. The first-order chi connectivity index (χ1) is 11.6. The largest absolute Gasteiger partial charge is 0.492 e. The van der Waals surface area contributed by atoms with Crippen LogP contribution in [0.3, 0.4) is 0 Å². The fourth-order valence-corrected chi connectivity index (χ4v) is 4.15. The van der Waals surface area contributed by atoms with Gasteiger partial charge in [-0.15, -0.1) is 22.7 Å². The molecule has 4 nitrogen and oxygen atoms in total. The van der Waals surface area contributed by atoms with Crippen molar-refractivity contribution in [1.82, 2.24) is 9.80 Å². The second-order valence-electron chi connectivity index (χ2n) is 6.30. The van der Waals surface area contributed by atoms with Gasteiger partial charge >= 0.3 is 0 Å². The maximum atomic E-state index is 5.92. The molecule has 0 unspecified atom stereocenters. The van der Waals surface area contributed by atoms with Crippen LogP contribution >= 0.6 is 22.7 Å². The molecule has 24 heavy (non-hydrogen) atoms. The van der Waals surface area contributed by atoms with Gasteiger partial charge in [-0.25, -0.2) is 0 Å². The average Bonchev–Trinajstić information content (AvgIpc) is 3.11. The lowest BCUT2D eigenvalue weighted by Crippen LogP contribution is -2.11. The van der Waals surface area contributed by atoms with E-state index in [0.717, 1.165) is 50.6 Å².